The van der Waals surface area contributed by atoms with Gasteiger partial charge in [0.15, 0.2) is 11.5 Å². The molecular formula is C18H18BrNO2S. The van der Waals surface area contributed by atoms with E-state index >= 15 is 0 Å². The van der Waals surface area contributed by atoms with Crippen LogP contribution in [-0.2, 0) is 0 Å². The summed E-state index contributed by atoms with van der Waals surface area (Å²) in [6.45, 7) is 1.83. The number of halogens is 1. The molecule has 0 spiro atoms. The Morgan fingerprint density at radius 2 is 1.78 bits per heavy atom. The lowest BCUT2D eigenvalue weighted by molar-refractivity contribution is 0.402. The van der Waals surface area contributed by atoms with Crippen LogP contribution in [0, 0.1) is 0 Å². The van der Waals surface area contributed by atoms with E-state index in [1.165, 1.54) is 16.0 Å². The highest BCUT2D eigenvalue weighted by Crippen LogP contribution is 2.44. The van der Waals surface area contributed by atoms with Crippen molar-refractivity contribution in [3.8, 4) is 21.9 Å². The Hall–Kier alpha value is -1.56. The van der Waals surface area contributed by atoms with Crippen LogP contribution < -0.4 is 5.32 Å². The van der Waals surface area contributed by atoms with Crippen molar-refractivity contribution in [3.63, 3.8) is 0 Å². The molecule has 0 bridgehead atoms. The zero-order valence-corrected chi connectivity index (χ0v) is 14.9. The van der Waals surface area contributed by atoms with Crippen LogP contribution >= 0.6 is 28.3 Å². The molecule has 5 heteroatoms. The van der Waals surface area contributed by atoms with E-state index in [2.05, 4.69) is 35.0 Å². The van der Waals surface area contributed by atoms with Gasteiger partial charge < -0.3 is 15.5 Å². The third-order valence-electron chi connectivity index (χ3n) is 4.55. The molecule has 23 heavy (non-hydrogen) atoms. The lowest BCUT2D eigenvalue weighted by atomic mass is 9.84. The van der Waals surface area contributed by atoms with Gasteiger partial charge in [-0.15, -0.1) is 28.3 Å². The van der Waals surface area contributed by atoms with Crippen molar-refractivity contribution in [2.24, 2.45) is 0 Å². The molecule has 2 unspecified atom stereocenters. The van der Waals surface area contributed by atoms with Crippen LogP contribution in [0.2, 0.25) is 0 Å². The summed E-state index contributed by atoms with van der Waals surface area (Å²) in [6, 6.07) is 13.8. The molecule has 1 fully saturated rings. The molecule has 1 aromatic carbocycles. The van der Waals surface area contributed by atoms with E-state index in [1.54, 1.807) is 23.5 Å². The molecule has 2 heterocycles. The number of phenols is 2. The summed E-state index contributed by atoms with van der Waals surface area (Å²) in [6.07, 6.45) is 0. The van der Waals surface area contributed by atoms with Gasteiger partial charge in [0.25, 0.3) is 0 Å². The highest BCUT2D eigenvalue weighted by molar-refractivity contribution is 8.93. The normalized spacial score (nSPS) is 20.5. The van der Waals surface area contributed by atoms with Gasteiger partial charge in [0.05, 0.1) is 0 Å². The molecule has 2 aliphatic heterocycles. The zero-order chi connectivity index (χ0) is 15.1. The highest BCUT2D eigenvalue weighted by atomic mass is 79.9. The zero-order valence-electron chi connectivity index (χ0n) is 12.4. The largest absolute Gasteiger partial charge is 0.504 e. The lowest BCUT2D eigenvalue weighted by Crippen LogP contribution is -2.08. The molecule has 0 aromatic heterocycles. The van der Waals surface area contributed by atoms with Gasteiger partial charge in [-0.1, -0.05) is 30.3 Å². The van der Waals surface area contributed by atoms with E-state index in [9.17, 15) is 10.2 Å². The van der Waals surface area contributed by atoms with Gasteiger partial charge in [-0.3, -0.25) is 0 Å². The molecular weight excluding hydrogens is 374 g/mol. The Morgan fingerprint density at radius 1 is 0.957 bits per heavy atom. The first-order valence-corrected chi connectivity index (χ1v) is 8.31. The van der Waals surface area contributed by atoms with E-state index in [-0.39, 0.29) is 28.5 Å². The number of fused-ring (bicyclic) bond motifs is 1. The summed E-state index contributed by atoms with van der Waals surface area (Å²) in [5.74, 6) is 0.593. The van der Waals surface area contributed by atoms with E-state index < -0.39 is 0 Å². The van der Waals surface area contributed by atoms with Gasteiger partial charge in [0.1, 0.15) is 0 Å². The molecule has 0 saturated carbocycles. The number of hydrogen-bond donors (Lipinski definition) is 3. The van der Waals surface area contributed by atoms with Crippen molar-refractivity contribution in [1.82, 2.24) is 5.32 Å². The number of rotatable bonds is 2. The van der Waals surface area contributed by atoms with E-state index in [0.717, 1.165) is 18.7 Å². The molecule has 0 amide bonds. The lowest BCUT2D eigenvalue weighted by Gasteiger charge is -2.20. The molecule has 3 N–H and O–H groups in total. The number of benzene rings is 1. The maximum atomic E-state index is 9.78. The molecule has 1 aromatic rings. The minimum Gasteiger partial charge on any atom is -0.504 e. The molecule has 3 aliphatic rings. The summed E-state index contributed by atoms with van der Waals surface area (Å²) in [7, 11) is 0. The summed E-state index contributed by atoms with van der Waals surface area (Å²) in [4.78, 5) is 1.35. The third-order valence-corrected chi connectivity index (χ3v) is 5.55. The van der Waals surface area contributed by atoms with E-state index in [0.29, 0.717) is 11.8 Å². The van der Waals surface area contributed by atoms with Crippen LogP contribution in [-0.4, -0.2) is 23.3 Å². The Bertz CT molecular complexity index is 788. The second kappa shape index (κ2) is 6.51. The van der Waals surface area contributed by atoms with Gasteiger partial charge >= 0.3 is 0 Å². The fourth-order valence-corrected chi connectivity index (χ4v) is 4.35. The average molecular weight is 392 g/mol. The minimum absolute atomic E-state index is 0. The molecule has 1 saturated heterocycles. The number of nitrogens with one attached hydrogen (secondary N) is 1. The number of hydrogen-bond acceptors (Lipinski definition) is 4. The second-order valence-corrected chi connectivity index (χ2v) is 6.72. The molecule has 3 nitrogen and oxygen atoms in total. The fraction of sp³-hybridized carbons (Fsp3) is 0.222. The third kappa shape index (κ3) is 2.84. The summed E-state index contributed by atoms with van der Waals surface area (Å²) in [5, 5.41) is 24.9. The molecule has 1 aliphatic carbocycles. The standard InChI is InChI=1S/C18H17NO2S.BrH/c20-16-6-4-12(8-17(16)21)14-9-19-10-15(14)13-5-3-11-2-1-7-22-18(11)13;/h1-8,14-15,19-21H,9-10H2;1H. The first-order valence-electron chi connectivity index (χ1n) is 7.43. The quantitative estimate of drug-likeness (QED) is 0.570. The SMILES string of the molecule is Br.Oc1ccc(C2CNCC2c2ccc3cccsc2-3)cc1O. The predicted octanol–water partition coefficient (Wildman–Crippen LogP) is 4.31. The van der Waals surface area contributed by atoms with Crippen LogP contribution in [0.5, 0.6) is 11.5 Å². The van der Waals surface area contributed by atoms with E-state index in [1.807, 2.05) is 6.07 Å². The monoisotopic (exact) mass is 391 g/mol. The van der Waals surface area contributed by atoms with Crippen molar-refractivity contribution in [3.05, 3.63) is 59.0 Å². The average Bonchev–Trinajstić information content (AvgIpc) is 3.16. The summed E-state index contributed by atoms with van der Waals surface area (Å²) in [5.41, 5.74) is 3.74. The van der Waals surface area contributed by atoms with Crippen LogP contribution in [0.1, 0.15) is 23.0 Å². The Kier molecular flexibility index (Phi) is 4.62. The van der Waals surface area contributed by atoms with Gasteiger partial charge in [0.2, 0.25) is 0 Å². The maximum Gasteiger partial charge on any atom is 0.157 e. The van der Waals surface area contributed by atoms with Crippen LogP contribution in [0.4, 0.5) is 0 Å². The van der Waals surface area contributed by atoms with Crippen molar-refractivity contribution in [2.75, 3.05) is 13.1 Å². The Balaban J connectivity index is 0.00000156. The number of phenolic OH excluding ortho intramolecular Hbond substituents is 2. The molecule has 4 rings (SSSR count). The predicted molar refractivity (Wildman–Crippen MR) is 99.4 cm³/mol. The summed E-state index contributed by atoms with van der Waals surface area (Å²) >= 11 is 1.78. The van der Waals surface area contributed by atoms with Crippen molar-refractivity contribution in [2.45, 2.75) is 11.8 Å². The first-order chi connectivity index (χ1) is 10.7. The van der Waals surface area contributed by atoms with Crippen molar-refractivity contribution in [1.29, 1.82) is 0 Å². The minimum atomic E-state index is -0.0627. The maximum absolute atomic E-state index is 9.78. The van der Waals surface area contributed by atoms with Gasteiger partial charge in [-0.2, -0.15) is 0 Å². The smallest absolute Gasteiger partial charge is 0.157 e. The number of aromatic hydroxyl groups is 2. The van der Waals surface area contributed by atoms with Crippen LogP contribution in [0.25, 0.3) is 10.4 Å². The van der Waals surface area contributed by atoms with Gasteiger partial charge in [-0.25, -0.2) is 0 Å². The molecule has 2 atom stereocenters. The Morgan fingerprint density at radius 3 is 2.61 bits per heavy atom. The highest BCUT2D eigenvalue weighted by Gasteiger charge is 2.32. The van der Waals surface area contributed by atoms with Crippen LogP contribution in [0.3, 0.4) is 0 Å². The fourth-order valence-electron chi connectivity index (χ4n) is 3.43. The van der Waals surface area contributed by atoms with Gasteiger partial charge in [0, 0.05) is 29.8 Å². The van der Waals surface area contributed by atoms with E-state index in [4.69, 9.17) is 0 Å². The van der Waals surface area contributed by atoms with Crippen LogP contribution in [0.15, 0.2) is 47.8 Å². The van der Waals surface area contributed by atoms with Crippen molar-refractivity contribution >= 4 is 28.3 Å². The molecule has 0 radical (unpaired) electrons. The first kappa shape index (κ1) is 16.3. The Labute approximate surface area is 149 Å². The van der Waals surface area contributed by atoms with Crippen molar-refractivity contribution < 1.29 is 10.2 Å². The van der Waals surface area contributed by atoms with Gasteiger partial charge in [-0.05, 0) is 34.2 Å². The summed E-state index contributed by atoms with van der Waals surface area (Å²) < 4.78 is 0. The molecule has 120 valence electrons. The second-order valence-electron chi connectivity index (χ2n) is 5.81. The topological polar surface area (TPSA) is 52.5 Å².